The summed E-state index contributed by atoms with van der Waals surface area (Å²) in [6.45, 7) is 2.81. The van der Waals surface area contributed by atoms with Crippen molar-refractivity contribution in [3.63, 3.8) is 0 Å². The Morgan fingerprint density at radius 1 is 0.833 bits per heavy atom. The van der Waals surface area contributed by atoms with E-state index < -0.39 is 0 Å². The number of para-hydroxylation sites is 2. The summed E-state index contributed by atoms with van der Waals surface area (Å²) in [7, 11) is 0. The number of hydrogen-bond donors (Lipinski definition) is 0. The number of hydrogen-bond acceptors (Lipinski definition) is 4. The van der Waals surface area contributed by atoms with Crippen LogP contribution in [0.3, 0.4) is 0 Å². The molecular formula is C26H25N3O. The molecule has 0 radical (unpaired) electrons. The van der Waals surface area contributed by atoms with Gasteiger partial charge in [-0.3, -0.25) is 4.98 Å². The molecule has 0 aliphatic carbocycles. The van der Waals surface area contributed by atoms with Crippen molar-refractivity contribution in [2.24, 2.45) is 5.92 Å². The highest BCUT2D eigenvalue weighted by atomic mass is 16.5. The van der Waals surface area contributed by atoms with Gasteiger partial charge in [0.15, 0.2) is 0 Å². The van der Waals surface area contributed by atoms with Gasteiger partial charge in [-0.1, -0.05) is 36.4 Å². The van der Waals surface area contributed by atoms with Crippen LogP contribution >= 0.6 is 0 Å². The lowest BCUT2D eigenvalue weighted by molar-refractivity contribution is 0.217. The minimum atomic E-state index is 0.558. The van der Waals surface area contributed by atoms with Gasteiger partial charge in [-0.15, -0.1) is 0 Å². The van der Waals surface area contributed by atoms with Gasteiger partial charge >= 0.3 is 0 Å². The molecule has 4 aromatic rings. The molecular weight excluding hydrogens is 370 g/mol. The first-order chi connectivity index (χ1) is 14.9. The van der Waals surface area contributed by atoms with Crippen LogP contribution in [-0.4, -0.2) is 29.7 Å². The van der Waals surface area contributed by atoms with E-state index in [-0.39, 0.29) is 0 Å². The lowest BCUT2D eigenvalue weighted by Crippen LogP contribution is -2.35. The predicted octanol–water partition coefficient (Wildman–Crippen LogP) is 5.59. The van der Waals surface area contributed by atoms with Gasteiger partial charge in [-0.2, -0.15) is 0 Å². The van der Waals surface area contributed by atoms with Crippen LogP contribution in [0.15, 0.2) is 85.2 Å². The second-order valence-electron chi connectivity index (χ2n) is 7.84. The fraction of sp³-hybridized carbons (Fsp3) is 0.231. The van der Waals surface area contributed by atoms with Crippen molar-refractivity contribution in [2.75, 3.05) is 24.6 Å². The van der Waals surface area contributed by atoms with E-state index in [0.717, 1.165) is 49.3 Å². The quantitative estimate of drug-likeness (QED) is 0.441. The Kier molecular flexibility index (Phi) is 5.30. The van der Waals surface area contributed by atoms with Gasteiger partial charge < -0.3 is 9.64 Å². The zero-order valence-electron chi connectivity index (χ0n) is 16.9. The molecule has 0 atom stereocenters. The SMILES string of the molecule is c1ccc(N2CCC(COc3ccc4ccccc4n3)CC2)c(-c2ccncc2)c1. The Balaban J connectivity index is 1.22. The molecule has 4 nitrogen and oxygen atoms in total. The van der Waals surface area contributed by atoms with Gasteiger partial charge in [0.05, 0.1) is 12.1 Å². The number of anilines is 1. The summed E-state index contributed by atoms with van der Waals surface area (Å²) >= 11 is 0. The molecule has 4 heteroatoms. The largest absolute Gasteiger partial charge is 0.477 e. The molecule has 0 unspecified atom stereocenters. The van der Waals surface area contributed by atoms with E-state index in [2.05, 4.69) is 63.4 Å². The van der Waals surface area contributed by atoms with E-state index in [1.807, 2.05) is 36.7 Å². The van der Waals surface area contributed by atoms with Gasteiger partial charge in [0, 0.05) is 48.2 Å². The Morgan fingerprint density at radius 2 is 1.60 bits per heavy atom. The Labute approximate surface area is 177 Å². The highest BCUT2D eigenvalue weighted by molar-refractivity contribution is 5.79. The molecule has 0 bridgehead atoms. The maximum atomic E-state index is 6.05. The molecule has 5 rings (SSSR count). The molecule has 0 amide bonds. The molecule has 30 heavy (non-hydrogen) atoms. The number of aromatic nitrogens is 2. The standard InChI is InChI=1S/C26H25N3O/c1-3-7-24-22(5-1)9-10-26(28-24)30-19-20-13-17-29(18-14-20)25-8-4-2-6-23(25)21-11-15-27-16-12-21/h1-12,15-16,20H,13-14,17-19H2. The van der Waals surface area contributed by atoms with Crippen molar-refractivity contribution < 1.29 is 4.74 Å². The summed E-state index contributed by atoms with van der Waals surface area (Å²) in [5.41, 5.74) is 4.78. The topological polar surface area (TPSA) is 38.2 Å². The number of pyridine rings is 2. The van der Waals surface area contributed by atoms with Crippen LogP contribution in [0.25, 0.3) is 22.0 Å². The van der Waals surface area contributed by atoms with Crippen LogP contribution in [-0.2, 0) is 0 Å². The van der Waals surface area contributed by atoms with E-state index in [1.54, 1.807) is 0 Å². The third-order valence-corrected chi connectivity index (χ3v) is 5.89. The summed E-state index contributed by atoms with van der Waals surface area (Å²) in [5.74, 6) is 1.28. The molecule has 1 saturated heterocycles. The Morgan fingerprint density at radius 3 is 2.47 bits per heavy atom. The van der Waals surface area contributed by atoms with Crippen LogP contribution in [0, 0.1) is 5.92 Å². The summed E-state index contributed by atoms with van der Waals surface area (Å²) in [6, 6.07) is 25.0. The van der Waals surface area contributed by atoms with Crippen molar-refractivity contribution in [2.45, 2.75) is 12.8 Å². The first kappa shape index (κ1) is 18.6. The van der Waals surface area contributed by atoms with Crippen LogP contribution < -0.4 is 9.64 Å². The normalized spacial score (nSPS) is 14.7. The van der Waals surface area contributed by atoms with Crippen molar-refractivity contribution >= 4 is 16.6 Å². The van der Waals surface area contributed by atoms with Crippen molar-refractivity contribution in [3.8, 4) is 17.0 Å². The summed E-state index contributed by atoms with van der Waals surface area (Å²) in [5, 5.41) is 1.14. The highest BCUT2D eigenvalue weighted by Gasteiger charge is 2.22. The maximum absolute atomic E-state index is 6.05. The fourth-order valence-electron chi connectivity index (χ4n) is 4.20. The molecule has 0 saturated carbocycles. The van der Waals surface area contributed by atoms with Crippen molar-refractivity contribution in [1.82, 2.24) is 9.97 Å². The van der Waals surface area contributed by atoms with E-state index >= 15 is 0 Å². The second-order valence-corrected chi connectivity index (χ2v) is 7.84. The Bertz CT molecular complexity index is 1120. The molecule has 3 heterocycles. The number of piperidine rings is 1. The number of nitrogens with zero attached hydrogens (tertiary/aromatic N) is 3. The molecule has 1 fully saturated rings. The minimum absolute atomic E-state index is 0.558. The van der Waals surface area contributed by atoms with Crippen LogP contribution in [0.5, 0.6) is 5.88 Å². The smallest absolute Gasteiger partial charge is 0.213 e. The van der Waals surface area contributed by atoms with E-state index in [4.69, 9.17) is 4.74 Å². The minimum Gasteiger partial charge on any atom is -0.477 e. The second kappa shape index (κ2) is 8.54. The molecule has 2 aromatic heterocycles. The molecule has 2 aromatic carbocycles. The van der Waals surface area contributed by atoms with Crippen LogP contribution in [0.1, 0.15) is 12.8 Å². The predicted molar refractivity (Wildman–Crippen MR) is 122 cm³/mol. The lowest BCUT2D eigenvalue weighted by Gasteiger charge is -2.34. The molecule has 0 N–H and O–H groups in total. The molecule has 150 valence electrons. The zero-order valence-corrected chi connectivity index (χ0v) is 16.9. The number of ether oxygens (including phenoxy) is 1. The third-order valence-electron chi connectivity index (χ3n) is 5.89. The zero-order chi connectivity index (χ0) is 20.2. The van der Waals surface area contributed by atoms with Crippen molar-refractivity contribution in [1.29, 1.82) is 0 Å². The summed E-state index contributed by atoms with van der Waals surface area (Å²) in [6.07, 6.45) is 5.96. The maximum Gasteiger partial charge on any atom is 0.213 e. The molecule has 1 aliphatic rings. The number of benzene rings is 2. The lowest BCUT2D eigenvalue weighted by atomic mass is 9.96. The monoisotopic (exact) mass is 395 g/mol. The van der Waals surface area contributed by atoms with Crippen LogP contribution in [0.2, 0.25) is 0 Å². The summed E-state index contributed by atoms with van der Waals surface area (Å²) in [4.78, 5) is 11.3. The van der Waals surface area contributed by atoms with Crippen LogP contribution in [0.4, 0.5) is 5.69 Å². The van der Waals surface area contributed by atoms with Gasteiger partial charge in [-0.25, -0.2) is 4.98 Å². The Hall–Kier alpha value is -3.40. The third kappa shape index (κ3) is 3.99. The van der Waals surface area contributed by atoms with E-state index in [9.17, 15) is 0 Å². The highest BCUT2D eigenvalue weighted by Crippen LogP contribution is 2.33. The van der Waals surface area contributed by atoms with Crippen molar-refractivity contribution in [3.05, 3.63) is 85.2 Å². The van der Waals surface area contributed by atoms with Gasteiger partial charge in [0.25, 0.3) is 0 Å². The van der Waals surface area contributed by atoms with E-state index in [0.29, 0.717) is 5.92 Å². The van der Waals surface area contributed by atoms with E-state index in [1.165, 1.54) is 16.8 Å². The molecule has 1 aliphatic heterocycles. The van der Waals surface area contributed by atoms with Gasteiger partial charge in [-0.05, 0) is 54.7 Å². The first-order valence-corrected chi connectivity index (χ1v) is 10.6. The fourth-order valence-corrected chi connectivity index (χ4v) is 4.20. The average molecular weight is 396 g/mol. The van der Waals surface area contributed by atoms with Gasteiger partial charge in [0.2, 0.25) is 5.88 Å². The number of rotatable bonds is 5. The first-order valence-electron chi connectivity index (χ1n) is 10.6. The summed E-state index contributed by atoms with van der Waals surface area (Å²) < 4.78 is 6.05. The number of fused-ring (bicyclic) bond motifs is 1. The van der Waals surface area contributed by atoms with Gasteiger partial charge in [0.1, 0.15) is 0 Å². The average Bonchev–Trinajstić information content (AvgIpc) is 2.83. The molecule has 0 spiro atoms.